The Kier molecular flexibility index (Phi) is 4.76. The molecule has 0 radical (unpaired) electrons. The summed E-state index contributed by atoms with van der Waals surface area (Å²) in [7, 11) is 2.01. The number of nitrogens with zero attached hydrogens (tertiary/aromatic N) is 5. The summed E-state index contributed by atoms with van der Waals surface area (Å²) < 4.78 is 2.03. The number of rotatable bonds is 3. The summed E-state index contributed by atoms with van der Waals surface area (Å²) in [5.74, 6) is 1.38. The molecule has 6 heteroatoms. The van der Waals surface area contributed by atoms with Crippen molar-refractivity contribution < 1.29 is 4.79 Å². The molecule has 0 N–H and O–H groups in total. The van der Waals surface area contributed by atoms with Gasteiger partial charge in [0.2, 0.25) is 0 Å². The average Bonchev–Trinajstić information content (AvgIpc) is 3.26. The van der Waals surface area contributed by atoms with Crippen LogP contribution in [0.1, 0.15) is 48.8 Å². The van der Waals surface area contributed by atoms with Crippen molar-refractivity contribution in [2.75, 3.05) is 26.2 Å². The Labute approximate surface area is 161 Å². The van der Waals surface area contributed by atoms with Crippen LogP contribution in [0.2, 0.25) is 0 Å². The van der Waals surface area contributed by atoms with Crippen molar-refractivity contribution in [3.05, 3.63) is 48.0 Å². The van der Waals surface area contributed by atoms with Crippen LogP contribution < -0.4 is 0 Å². The third kappa shape index (κ3) is 3.27. The van der Waals surface area contributed by atoms with E-state index in [1.54, 1.807) is 6.33 Å². The number of hydrogen-bond acceptors (Lipinski definition) is 4. The Balaban J connectivity index is 1.62. The van der Waals surface area contributed by atoms with Crippen LogP contribution >= 0.6 is 0 Å². The lowest BCUT2D eigenvalue weighted by Gasteiger charge is -2.43. The SMILES string of the molecule is CC(C)N1CCC2(CC1)CN(C(=O)c1ccccc1)CC2c1nncn1C. The Morgan fingerprint density at radius 3 is 2.48 bits per heavy atom. The van der Waals surface area contributed by atoms with Crippen LogP contribution in [-0.2, 0) is 7.05 Å². The first kappa shape index (κ1) is 18.2. The highest BCUT2D eigenvalue weighted by molar-refractivity contribution is 5.94. The highest BCUT2D eigenvalue weighted by Crippen LogP contribution is 2.49. The fourth-order valence-corrected chi connectivity index (χ4v) is 4.84. The molecule has 1 atom stereocenters. The number of likely N-dealkylation sites (tertiary alicyclic amines) is 2. The van der Waals surface area contributed by atoms with E-state index < -0.39 is 0 Å². The van der Waals surface area contributed by atoms with Gasteiger partial charge in [-0.1, -0.05) is 18.2 Å². The quantitative estimate of drug-likeness (QED) is 0.837. The van der Waals surface area contributed by atoms with Gasteiger partial charge < -0.3 is 14.4 Å². The van der Waals surface area contributed by atoms with Crippen molar-refractivity contribution in [3.63, 3.8) is 0 Å². The molecular weight excluding hydrogens is 338 g/mol. The molecule has 0 bridgehead atoms. The summed E-state index contributed by atoms with van der Waals surface area (Å²) in [4.78, 5) is 17.7. The van der Waals surface area contributed by atoms with Gasteiger partial charge in [-0.2, -0.15) is 0 Å². The van der Waals surface area contributed by atoms with Gasteiger partial charge in [-0.25, -0.2) is 0 Å². The lowest BCUT2D eigenvalue weighted by atomic mass is 9.70. The largest absolute Gasteiger partial charge is 0.337 e. The molecule has 1 unspecified atom stereocenters. The zero-order chi connectivity index (χ0) is 19.0. The molecule has 144 valence electrons. The molecule has 2 fully saturated rings. The Morgan fingerprint density at radius 1 is 1.19 bits per heavy atom. The minimum Gasteiger partial charge on any atom is -0.337 e. The standard InChI is InChI=1S/C21H29N5O/c1-16(2)25-11-9-21(10-12-25)14-26(20(27)17-7-5-4-6-8-17)13-18(21)19-23-22-15-24(19)3/h4-8,15-16,18H,9-14H2,1-3H3. The van der Waals surface area contributed by atoms with Gasteiger partial charge in [-0.05, 0) is 51.9 Å². The fourth-order valence-electron chi connectivity index (χ4n) is 4.84. The molecular formula is C21H29N5O. The van der Waals surface area contributed by atoms with Gasteiger partial charge >= 0.3 is 0 Å². The average molecular weight is 367 g/mol. The predicted molar refractivity (Wildman–Crippen MR) is 104 cm³/mol. The van der Waals surface area contributed by atoms with E-state index in [-0.39, 0.29) is 17.2 Å². The molecule has 0 saturated carbocycles. The van der Waals surface area contributed by atoms with E-state index in [1.165, 1.54) is 0 Å². The summed E-state index contributed by atoms with van der Waals surface area (Å²) >= 11 is 0. The topological polar surface area (TPSA) is 54.3 Å². The van der Waals surface area contributed by atoms with Gasteiger partial charge in [-0.15, -0.1) is 10.2 Å². The van der Waals surface area contributed by atoms with E-state index >= 15 is 0 Å². The van der Waals surface area contributed by atoms with Crippen molar-refractivity contribution in [1.29, 1.82) is 0 Å². The molecule has 3 heterocycles. The van der Waals surface area contributed by atoms with Gasteiger partial charge in [0.25, 0.3) is 5.91 Å². The van der Waals surface area contributed by atoms with E-state index in [1.807, 2.05) is 46.8 Å². The van der Waals surface area contributed by atoms with Crippen molar-refractivity contribution in [2.24, 2.45) is 12.5 Å². The Hall–Kier alpha value is -2.21. The number of piperidine rings is 1. The zero-order valence-electron chi connectivity index (χ0n) is 16.5. The summed E-state index contributed by atoms with van der Waals surface area (Å²) in [5, 5.41) is 8.54. The first-order chi connectivity index (χ1) is 13.0. The molecule has 1 aromatic heterocycles. The molecule has 1 aromatic carbocycles. The second kappa shape index (κ2) is 7.08. The molecule has 0 aliphatic carbocycles. The number of hydrogen-bond donors (Lipinski definition) is 0. The van der Waals surface area contributed by atoms with Crippen LogP contribution in [0.15, 0.2) is 36.7 Å². The van der Waals surface area contributed by atoms with Crippen molar-refractivity contribution in [1.82, 2.24) is 24.6 Å². The van der Waals surface area contributed by atoms with Crippen LogP contribution in [-0.4, -0.2) is 62.7 Å². The Morgan fingerprint density at radius 2 is 1.89 bits per heavy atom. The van der Waals surface area contributed by atoms with Crippen LogP contribution in [0.4, 0.5) is 0 Å². The molecule has 4 rings (SSSR count). The lowest BCUT2D eigenvalue weighted by Crippen LogP contribution is -2.46. The summed E-state index contributed by atoms with van der Waals surface area (Å²) in [5.41, 5.74) is 0.863. The van der Waals surface area contributed by atoms with E-state index in [2.05, 4.69) is 28.9 Å². The van der Waals surface area contributed by atoms with Gasteiger partial charge in [0.15, 0.2) is 0 Å². The van der Waals surface area contributed by atoms with Crippen LogP contribution in [0.25, 0.3) is 0 Å². The number of aryl methyl sites for hydroxylation is 1. The first-order valence-electron chi connectivity index (χ1n) is 9.92. The highest BCUT2D eigenvalue weighted by atomic mass is 16.2. The number of aromatic nitrogens is 3. The van der Waals surface area contributed by atoms with Gasteiger partial charge in [-0.3, -0.25) is 4.79 Å². The van der Waals surface area contributed by atoms with Crippen LogP contribution in [0.3, 0.4) is 0 Å². The van der Waals surface area contributed by atoms with Crippen LogP contribution in [0, 0.1) is 5.41 Å². The number of carbonyl (C=O) groups is 1. The van der Waals surface area contributed by atoms with E-state index in [0.717, 1.165) is 50.4 Å². The second-order valence-electron chi connectivity index (χ2n) is 8.40. The van der Waals surface area contributed by atoms with Crippen molar-refractivity contribution >= 4 is 5.91 Å². The molecule has 6 nitrogen and oxygen atoms in total. The highest BCUT2D eigenvalue weighted by Gasteiger charge is 2.51. The second-order valence-corrected chi connectivity index (χ2v) is 8.40. The molecule has 2 aromatic rings. The molecule has 27 heavy (non-hydrogen) atoms. The fraction of sp³-hybridized carbons (Fsp3) is 0.571. The number of carbonyl (C=O) groups excluding carboxylic acids is 1. The normalized spacial score (nSPS) is 22.7. The minimum absolute atomic E-state index is 0.0939. The molecule has 1 spiro atoms. The maximum atomic E-state index is 13.1. The predicted octanol–water partition coefficient (Wildman–Crippen LogP) is 2.55. The summed E-state index contributed by atoms with van der Waals surface area (Å²) in [6.45, 7) is 8.22. The maximum absolute atomic E-state index is 13.1. The number of amides is 1. The van der Waals surface area contributed by atoms with E-state index in [4.69, 9.17) is 0 Å². The Bertz CT molecular complexity index is 792. The molecule has 2 aliphatic rings. The third-order valence-corrected chi connectivity index (χ3v) is 6.54. The van der Waals surface area contributed by atoms with E-state index in [9.17, 15) is 4.79 Å². The van der Waals surface area contributed by atoms with Gasteiger partial charge in [0.05, 0.1) is 0 Å². The van der Waals surface area contributed by atoms with Crippen molar-refractivity contribution in [3.8, 4) is 0 Å². The van der Waals surface area contributed by atoms with Crippen molar-refractivity contribution in [2.45, 2.75) is 38.6 Å². The summed E-state index contributed by atoms with van der Waals surface area (Å²) in [6.07, 6.45) is 3.97. The monoisotopic (exact) mass is 367 g/mol. The van der Waals surface area contributed by atoms with E-state index in [0.29, 0.717) is 6.04 Å². The molecule has 2 saturated heterocycles. The maximum Gasteiger partial charge on any atom is 0.253 e. The third-order valence-electron chi connectivity index (χ3n) is 6.54. The lowest BCUT2D eigenvalue weighted by molar-refractivity contribution is 0.0646. The number of benzene rings is 1. The summed E-state index contributed by atoms with van der Waals surface area (Å²) in [6, 6.07) is 10.2. The zero-order valence-corrected chi connectivity index (χ0v) is 16.5. The molecule has 1 amide bonds. The smallest absolute Gasteiger partial charge is 0.253 e. The van der Waals surface area contributed by atoms with Gasteiger partial charge in [0.1, 0.15) is 12.2 Å². The molecule has 2 aliphatic heterocycles. The van der Waals surface area contributed by atoms with Crippen LogP contribution in [0.5, 0.6) is 0 Å². The van der Waals surface area contributed by atoms with Gasteiger partial charge in [0, 0.05) is 43.1 Å². The minimum atomic E-state index is 0.0939. The first-order valence-corrected chi connectivity index (χ1v) is 9.92.